The molecule has 0 aromatic rings. The van der Waals surface area contributed by atoms with Gasteiger partial charge in [-0.25, -0.2) is 0 Å². The smallest absolute Gasteiger partial charge is 0.315 e. The molecule has 32 nitrogen and oxygen atoms in total. The fourth-order valence-electron chi connectivity index (χ4n) is 19.2. The Labute approximate surface area is 561 Å². The van der Waals surface area contributed by atoms with Crippen molar-refractivity contribution in [1.82, 2.24) is 0 Å². The van der Waals surface area contributed by atoms with Crippen LogP contribution in [0.5, 0.6) is 0 Å². The molecule has 5 aliphatic carbocycles. The van der Waals surface area contributed by atoms with E-state index in [1.807, 2.05) is 6.92 Å². The van der Waals surface area contributed by atoms with Gasteiger partial charge in [-0.2, -0.15) is 0 Å². The second-order valence-corrected chi connectivity index (χ2v) is 31.3. The summed E-state index contributed by atoms with van der Waals surface area (Å²) in [4.78, 5) is 15.2. The van der Waals surface area contributed by atoms with Crippen LogP contribution in [0.3, 0.4) is 0 Å². The van der Waals surface area contributed by atoms with Crippen LogP contribution in [0.2, 0.25) is 0 Å². The van der Waals surface area contributed by atoms with Gasteiger partial charge in [-0.3, -0.25) is 4.79 Å². The van der Waals surface area contributed by atoms with Crippen LogP contribution in [0, 0.1) is 50.2 Å². The fraction of sp³-hybridized carbons (Fsp3) is 0.954. The van der Waals surface area contributed by atoms with Crippen LogP contribution < -0.4 is 0 Å². The Morgan fingerprint density at radius 3 is 1.53 bits per heavy atom. The number of rotatable bonds is 17. The van der Waals surface area contributed by atoms with Crippen molar-refractivity contribution in [2.45, 2.75) is 297 Å². The zero-order valence-corrected chi connectivity index (χ0v) is 55.7. The molecule has 97 heavy (non-hydrogen) atoms. The Morgan fingerprint density at radius 1 is 0.474 bits per heavy atom. The lowest BCUT2D eigenvalue weighted by molar-refractivity contribution is -0.385. The van der Waals surface area contributed by atoms with Gasteiger partial charge in [-0.15, -0.1) is 0 Å². The van der Waals surface area contributed by atoms with Crippen LogP contribution in [-0.2, 0) is 61.6 Å². The zero-order valence-electron chi connectivity index (χ0n) is 55.7. The van der Waals surface area contributed by atoms with Crippen LogP contribution in [-0.4, -0.2) is 327 Å². The van der Waals surface area contributed by atoms with E-state index >= 15 is 4.79 Å². The zero-order chi connectivity index (χ0) is 70.7. The van der Waals surface area contributed by atoms with Gasteiger partial charge in [0, 0.05) is 5.41 Å². The van der Waals surface area contributed by atoms with Crippen LogP contribution in [0.15, 0.2) is 11.6 Å². The van der Waals surface area contributed by atoms with Gasteiger partial charge in [0.2, 0.25) is 6.29 Å². The van der Waals surface area contributed by atoms with Crippen molar-refractivity contribution in [3.8, 4) is 0 Å². The number of allylic oxidation sites excluding steroid dienone is 2. The van der Waals surface area contributed by atoms with E-state index < -0.39 is 239 Å². The van der Waals surface area contributed by atoms with Gasteiger partial charge >= 0.3 is 5.97 Å². The molecule has 6 saturated heterocycles. The molecule has 0 spiro atoms. The van der Waals surface area contributed by atoms with Crippen molar-refractivity contribution >= 4 is 5.97 Å². The van der Waals surface area contributed by atoms with E-state index in [1.54, 1.807) is 0 Å². The number of ether oxygens (including phenoxy) is 12. The van der Waals surface area contributed by atoms with Crippen molar-refractivity contribution in [2.24, 2.45) is 50.2 Å². The third kappa shape index (κ3) is 13.0. The van der Waals surface area contributed by atoms with Crippen molar-refractivity contribution in [3.63, 3.8) is 0 Å². The van der Waals surface area contributed by atoms with E-state index in [1.165, 1.54) is 12.5 Å². The summed E-state index contributed by atoms with van der Waals surface area (Å²) in [5.74, 6) is -0.943. The molecule has 4 saturated carbocycles. The van der Waals surface area contributed by atoms with E-state index in [2.05, 4.69) is 40.7 Å². The highest BCUT2D eigenvalue weighted by molar-refractivity contribution is 5.79. The van der Waals surface area contributed by atoms with Gasteiger partial charge in [0.15, 0.2) is 31.5 Å². The van der Waals surface area contributed by atoms with Crippen molar-refractivity contribution in [1.29, 1.82) is 0 Å². The summed E-state index contributed by atoms with van der Waals surface area (Å²) in [5, 5.41) is 206. The van der Waals surface area contributed by atoms with Gasteiger partial charge in [-0.1, -0.05) is 53.2 Å². The highest BCUT2D eigenvalue weighted by Crippen LogP contribution is 2.76. The topological polar surface area (TPSA) is 512 Å². The maximum Gasteiger partial charge on any atom is 0.315 e. The number of carbonyl (C=O) groups is 1. The van der Waals surface area contributed by atoms with Crippen LogP contribution in [0.25, 0.3) is 0 Å². The quantitative estimate of drug-likeness (QED) is 0.0366. The number of esters is 1. The summed E-state index contributed by atoms with van der Waals surface area (Å²) < 4.78 is 70.6. The number of aliphatic hydroxyl groups excluding tert-OH is 19. The van der Waals surface area contributed by atoms with Gasteiger partial charge in [0.05, 0.1) is 57.3 Å². The molecule has 0 unspecified atom stereocenters. The second-order valence-electron chi connectivity index (χ2n) is 31.3. The summed E-state index contributed by atoms with van der Waals surface area (Å²) in [6.45, 7) is 10.8. The maximum atomic E-state index is 15.2. The lowest BCUT2D eigenvalue weighted by atomic mass is 9.33. The Morgan fingerprint density at radius 2 is 0.969 bits per heavy atom. The van der Waals surface area contributed by atoms with E-state index in [4.69, 9.17) is 56.8 Å². The standard InChI is InChI=1S/C65H106O32/c1-25-36(71)52(96-56-47(82)42(77)50(30(21-68)90-56)94-54-45(80)40(75)37(72)28(19-66)88-54)49(84)58(87-25)92-32-23-86-53(44(79)39(32)74)93-35-11-12-61(4)33(62(35,5)24-70)10-13-64(7)34(61)9-8-26-27-18-60(2,3)14-16-65(27,17-15-63(26,64)6)59(85)97-57-48(83)43(78)51(31(22-69)91-57)95-55-46(81)41(76)38(73)29(20-67)89-55/h8,25,27-58,66-84H,9-24H2,1-7H3/t25-,27-,28+,29+,30+,31+,32+,33+,34+,35-,36-,37+,38+,39-,40-,41-,42+,43+,44+,45+,46+,47+,48+,49+,50+,51+,52+,53-,54-,55-,56-,57-,58-,61-,62-,63+,64+,65-/m0/s1. The molecule has 11 rings (SSSR count). The lowest BCUT2D eigenvalue weighted by Crippen LogP contribution is -2.67. The summed E-state index contributed by atoms with van der Waals surface area (Å²) in [5.41, 5.74) is -2.10. The molecule has 6 aliphatic heterocycles. The van der Waals surface area contributed by atoms with Crippen LogP contribution in [0.4, 0.5) is 0 Å². The Kier molecular flexibility index (Phi) is 22.6. The summed E-state index contributed by atoms with van der Waals surface area (Å²) in [6, 6.07) is 0. The largest absolute Gasteiger partial charge is 0.432 e. The predicted molar refractivity (Wildman–Crippen MR) is 322 cm³/mol. The predicted octanol–water partition coefficient (Wildman–Crippen LogP) is -5.75. The minimum Gasteiger partial charge on any atom is -0.432 e. The number of hydrogen-bond donors (Lipinski definition) is 19. The van der Waals surface area contributed by atoms with E-state index in [0.717, 1.165) is 6.42 Å². The van der Waals surface area contributed by atoms with Crippen molar-refractivity contribution < 1.29 is 159 Å². The van der Waals surface area contributed by atoms with Gasteiger partial charge in [0.25, 0.3) is 0 Å². The molecule has 11 aliphatic rings. The van der Waals surface area contributed by atoms with Gasteiger partial charge < -0.3 is 154 Å². The molecule has 10 fully saturated rings. The summed E-state index contributed by atoms with van der Waals surface area (Å²) in [6.07, 6.45) is -41.6. The Balaban J connectivity index is 0.730. The molecule has 558 valence electrons. The minimum atomic E-state index is -2.03. The number of hydrogen-bond acceptors (Lipinski definition) is 32. The SMILES string of the molecule is C[C@@H]1O[C@@H](O[C@@H]2CO[C@@H](O[C@H]3CC[C@@]4(C)[C@@H](CC[C@]5(C)[C@@H]4CC=C4[C@@H]6CC(C)(C)CC[C@]6(C(=O)O[C@@H]6O[C@H](CO)[C@@H](O[C@@H]7O[C@H](CO)[C@@H](O)[C@H](O)[C@H]7O)[C@H](O)[C@H]6O)CC[C@]45C)[C@]3(C)CO)[C@H](O)[C@H]2O)[C@H](O)[C@H](O[C@@H]2O[C@H](CO)[C@@H](O[C@@H]3O[C@H](CO)[C@@H](O)[C@H](O)[C@H]3O)[C@H](O)[C@H]2O)[C@H]1O. The first-order valence-corrected chi connectivity index (χ1v) is 34.3. The normalized spacial score (nSPS) is 54.7. The van der Waals surface area contributed by atoms with Crippen LogP contribution >= 0.6 is 0 Å². The minimum absolute atomic E-state index is 0.0862. The summed E-state index contributed by atoms with van der Waals surface area (Å²) in [7, 11) is 0. The van der Waals surface area contributed by atoms with E-state index in [0.29, 0.717) is 57.8 Å². The monoisotopic (exact) mass is 1400 g/mol. The maximum absolute atomic E-state index is 15.2. The first kappa shape index (κ1) is 76.1. The highest BCUT2D eigenvalue weighted by atomic mass is 16.8. The van der Waals surface area contributed by atoms with Gasteiger partial charge in [0.1, 0.15) is 134 Å². The third-order valence-corrected chi connectivity index (χ3v) is 25.4. The van der Waals surface area contributed by atoms with Crippen molar-refractivity contribution in [2.75, 3.05) is 39.6 Å². The molecule has 0 amide bonds. The Hall–Kier alpha value is -1.99. The lowest BCUT2D eigenvalue weighted by Gasteiger charge is -2.71. The van der Waals surface area contributed by atoms with Gasteiger partial charge in [-0.05, 0) is 111 Å². The Bertz CT molecular complexity index is 2710. The second kappa shape index (κ2) is 28.8. The molecule has 0 aromatic heterocycles. The van der Waals surface area contributed by atoms with E-state index in [-0.39, 0.29) is 40.6 Å². The first-order chi connectivity index (χ1) is 45.6. The average Bonchev–Trinajstić information content (AvgIpc) is 0.675. The first-order valence-electron chi connectivity index (χ1n) is 34.3. The molecule has 19 N–H and O–H groups in total. The molecule has 0 aromatic carbocycles. The molecule has 6 heterocycles. The van der Waals surface area contributed by atoms with Crippen LogP contribution in [0.1, 0.15) is 113 Å². The van der Waals surface area contributed by atoms with E-state index in [9.17, 15) is 97.0 Å². The molecule has 0 radical (unpaired) electrons. The number of fused-ring (bicyclic) bond motifs is 7. The fourth-order valence-corrected chi connectivity index (χ4v) is 19.2. The molecule has 0 bridgehead atoms. The van der Waals surface area contributed by atoms with Crippen molar-refractivity contribution in [3.05, 3.63) is 11.6 Å². The number of aliphatic hydroxyl groups is 19. The number of carbonyl (C=O) groups excluding carboxylic acids is 1. The molecular formula is C65H106O32. The average molecular weight is 1400 g/mol. The highest BCUT2D eigenvalue weighted by Gasteiger charge is 2.71. The molecule has 32 heteroatoms. The molecule has 38 atom stereocenters. The third-order valence-electron chi connectivity index (χ3n) is 25.4. The molecular weight excluding hydrogens is 1290 g/mol. The summed E-state index contributed by atoms with van der Waals surface area (Å²) >= 11 is 0.